The number of aromatic nitrogens is 2. The van der Waals surface area contributed by atoms with Gasteiger partial charge >= 0.3 is 0 Å². The van der Waals surface area contributed by atoms with Crippen molar-refractivity contribution in [3.8, 4) is 5.75 Å². The van der Waals surface area contributed by atoms with E-state index in [1.807, 2.05) is 32.0 Å². The molecule has 0 radical (unpaired) electrons. The molecule has 152 valence electrons. The van der Waals surface area contributed by atoms with Crippen LogP contribution in [0, 0.1) is 31.4 Å². The molecule has 0 saturated carbocycles. The van der Waals surface area contributed by atoms with Gasteiger partial charge in [-0.3, -0.25) is 4.79 Å². The molecule has 1 heterocycles. The van der Waals surface area contributed by atoms with Gasteiger partial charge in [0.1, 0.15) is 5.75 Å². The molecule has 0 unspecified atom stereocenters. The minimum absolute atomic E-state index is 0.130. The fraction of sp³-hybridized carbons (Fsp3) is 0.286. The van der Waals surface area contributed by atoms with E-state index >= 15 is 0 Å². The van der Waals surface area contributed by atoms with Crippen molar-refractivity contribution in [1.82, 2.24) is 10.2 Å². The third-order valence-corrected chi connectivity index (χ3v) is 5.33. The number of hydrogen-bond acceptors (Lipinski definition) is 6. The number of halogens is 2. The molecule has 1 aromatic heterocycles. The van der Waals surface area contributed by atoms with Crippen LogP contribution in [0.15, 0.2) is 46.0 Å². The third-order valence-electron chi connectivity index (χ3n) is 4.25. The lowest BCUT2D eigenvalue weighted by Gasteiger charge is -2.09. The maximum atomic E-state index is 13.3. The van der Waals surface area contributed by atoms with Gasteiger partial charge in [0.05, 0.1) is 0 Å². The molecule has 8 heteroatoms. The topological polar surface area (TPSA) is 65.2 Å². The fourth-order valence-electron chi connectivity index (χ4n) is 2.56. The van der Waals surface area contributed by atoms with Crippen LogP contribution in [0.2, 0.25) is 0 Å². The first kappa shape index (κ1) is 21.0. The number of thioether (sulfide) groups is 1. The second-order valence-corrected chi connectivity index (χ2v) is 7.70. The Bertz CT molecular complexity index is 1020. The summed E-state index contributed by atoms with van der Waals surface area (Å²) in [5, 5.41) is 8.20. The molecule has 0 aliphatic carbocycles. The lowest BCUT2D eigenvalue weighted by molar-refractivity contribution is 0.0941. The zero-order valence-electron chi connectivity index (χ0n) is 16.2. The molecule has 3 rings (SSSR count). The number of Topliss-reactive ketones (excluding diaryl/α,β-unsaturated/α-hetero) is 1. The van der Waals surface area contributed by atoms with E-state index in [9.17, 15) is 13.6 Å². The quantitative estimate of drug-likeness (QED) is 0.372. The van der Waals surface area contributed by atoms with E-state index in [2.05, 4.69) is 10.2 Å². The minimum atomic E-state index is -1.04. The summed E-state index contributed by atoms with van der Waals surface area (Å²) >= 11 is 1.22. The molecule has 3 aromatic rings. The molecule has 0 spiro atoms. The number of aryl methyl sites for hydroxylation is 2. The minimum Gasteiger partial charge on any atom is -0.484 e. The van der Waals surface area contributed by atoms with Crippen molar-refractivity contribution in [2.75, 3.05) is 5.75 Å². The average Bonchev–Trinajstić information content (AvgIpc) is 3.16. The molecule has 0 bridgehead atoms. The summed E-state index contributed by atoms with van der Waals surface area (Å²) in [6.45, 7) is 5.78. The monoisotopic (exact) mass is 418 g/mol. The Hall–Kier alpha value is -2.74. The maximum absolute atomic E-state index is 13.3. The molecule has 2 aromatic carbocycles. The van der Waals surface area contributed by atoms with E-state index in [1.165, 1.54) is 17.8 Å². The Morgan fingerprint density at radius 3 is 2.69 bits per heavy atom. The summed E-state index contributed by atoms with van der Waals surface area (Å²) in [6.07, 6.45) is 0. The zero-order valence-corrected chi connectivity index (χ0v) is 17.1. The van der Waals surface area contributed by atoms with Gasteiger partial charge in [-0.05, 0) is 49.2 Å². The van der Waals surface area contributed by atoms with Crippen LogP contribution < -0.4 is 4.74 Å². The van der Waals surface area contributed by atoms with Gasteiger partial charge in [-0.25, -0.2) is 8.78 Å². The molecule has 0 saturated heterocycles. The van der Waals surface area contributed by atoms with Crippen LogP contribution >= 0.6 is 11.8 Å². The van der Waals surface area contributed by atoms with E-state index in [-0.39, 0.29) is 18.0 Å². The van der Waals surface area contributed by atoms with Gasteiger partial charge in [-0.1, -0.05) is 30.8 Å². The average molecular weight is 418 g/mol. The highest BCUT2D eigenvalue weighted by atomic mass is 32.2. The standard InChI is InChI=1S/C21H20F2N2O3S/c1-12-4-5-13(2)18(8-12)27-10-19-24-25-21(28-19)29-11-14(3)20(26)15-6-7-16(22)17(23)9-15/h4-9,14H,10-11H2,1-3H3/t14-/m1/s1. The van der Waals surface area contributed by atoms with Crippen LogP contribution in [0.25, 0.3) is 0 Å². The summed E-state index contributed by atoms with van der Waals surface area (Å²) in [5.74, 6) is -1.31. The predicted octanol–water partition coefficient (Wildman–Crippen LogP) is 5.15. The van der Waals surface area contributed by atoms with Gasteiger partial charge in [0.15, 0.2) is 24.0 Å². The lowest BCUT2D eigenvalue weighted by atomic mass is 10.0. The SMILES string of the molecule is Cc1ccc(C)c(OCc2nnc(SC[C@@H](C)C(=O)c3ccc(F)c(F)c3)o2)c1. The Morgan fingerprint density at radius 2 is 1.93 bits per heavy atom. The number of hydrogen-bond donors (Lipinski definition) is 0. The van der Waals surface area contributed by atoms with Crippen LogP contribution in [0.1, 0.15) is 34.3 Å². The summed E-state index contributed by atoms with van der Waals surface area (Å²) in [6, 6.07) is 9.05. The van der Waals surface area contributed by atoms with Gasteiger partial charge < -0.3 is 9.15 Å². The van der Waals surface area contributed by atoms with Gasteiger partial charge in [0.2, 0.25) is 0 Å². The highest BCUT2D eigenvalue weighted by Crippen LogP contribution is 2.24. The Balaban J connectivity index is 1.53. The lowest BCUT2D eigenvalue weighted by Crippen LogP contribution is -2.14. The van der Waals surface area contributed by atoms with Gasteiger partial charge in [-0.15, -0.1) is 10.2 Å². The molecular weight excluding hydrogens is 398 g/mol. The first-order chi connectivity index (χ1) is 13.8. The molecule has 29 heavy (non-hydrogen) atoms. The first-order valence-electron chi connectivity index (χ1n) is 8.98. The number of nitrogens with zero attached hydrogens (tertiary/aromatic N) is 2. The summed E-state index contributed by atoms with van der Waals surface area (Å²) in [5.41, 5.74) is 2.23. The van der Waals surface area contributed by atoms with Crippen molar-refractivity contribution in [3.05, 3.63) is 70.6 Å². The largest absolute Gasteiger partial charge is 0.484 e. The van der Waals surface area contributed by atoms with Gasteiger partial charge in [0.25, 0.3) is 11.1 Å². The van der Waals surface area contributed by atoms with E-state index in [1.54, 1.807) is 6.92 Å². The molecule has 0 N–H and O–H groups in total. The highest BCUT2D eigenvalue weighted by molar-refractivity contribution is 7.99. The van der Waals surface area contributed by atoms with Crippen LogP contribution in [-0.2, 0) is 6.61 Å². The second-order valence-electron chi connectivity index (χ2n) is 6.72. The van der Waals surface area contributed by atoms with Crippen molar-refractivity contribution >= 4 is 17.5 Å². The second kappa shape index (κ2) is 9.17. The normalized spacial score (nSPS) is 12.0. The maximum Gasteiger partial charge on any atom is 0.276 e. The predicted molar refractivity (Wildman–Crippen MR) is 105 cm³/mol. The smallest absolute Gasteiger partial charge is 0.276 e. The summed E-state index contributed by atoms with van der Waals surface area (Å²) < 4.78 is 37.6. The van der Waals surface area contributed by atoms with Gasteiger partial charge in [-0.2, -0.15) is 0 Å². The van der Waals surface area contributed by atoms with Crippen molar-refractivity contribution in [1.29, 1.82) is 0 Å². The van der Waals surface area contributed by atoms with E-state index in [4.69, 9.17) is 9.15 Å². The van der Waals surface area contributed by atoms with Crippen LogP contribution in [0.3, 0.4) is 0 Å². The van der Waals surface area contributed by atoms with Crippen LogP contribution in [-0.4, -0.2) is 21.7 Å². The van der Waals surface area contributed by atoms with Gasteiger partial charge in [0, 0.05) is 17.2 Å². The van der Waals surface area contributed by atoms with Crippen LogP contribution in [0.5, 0.6) is 5.75 Å². The number of carbonyl (C=O) groups is 1. The van der Waals surface area contributed by atoms with Crippen LogP contribution in [0.4, 0.5) is 8.78 Å². The van der Waals surface area contributed by atoms with E-state index < -0.39 is 17.6 Å². The highest BCUT2D eigenvalue weighted by Gasteiger charge is 2.19. The molecule has 5 nitrogen and oxygen atoms in total. The molecule has 0 aliphatic rings. The number of ether oxygens (including phenoxy) is 1. The van der Waals surface area contributed by atoms with Crippen molar-refractivity contribution < 1.29 is 22.7 Å². The van der Waals surface area contributed by atoms with Crippen molar-refractivity contribution in [2.45, 2.75) is 32.6 Å². The number of ketones is 1. The first-order valence-corrected chi connectivity index (χ1v) is 9.96. The number of benzene rings is 2. The number of rotatable bonds is 8. The zero-order chi connectivity index (χ0) is 21.0. The van der Waals surface area contributed by atoms with E-state index in [0.29, 0.717) is 16.9 Å². The Morgan fingerprint density at radius 1 is 1.14 bits per heavy atom. The Kier molecular flexibility index (Phi) is 6.64. The molecular formula is C21H20F2N2O3S. The van der Waals surface area contributed by atoms with Crippen molar-refractivity contribution in [3.63, 3.8) is 0 Å². The fourth-order valence-corrected chi connectivity index (χ4v) is 3.36. The Labute approximate surface area is 171 Å². The van der Waals surface area contributed by atoms with E-state index in [0.717, 1.165) is 29.0 Å². The number of carbonyl (C=O) groups excluding carboxylic acids is 1. The third kappa shape index (κ3) is 5.41. The molecule has 1 atom stereocenters. The molecule has 0 aliphatic heterocycles. The summed E-state index contributed by atoms with van der Waals surface area (Å²) in [4.78, 5) is 12.4. The molecule has 0 amide bonds. The summed E-state index contributed by atoms with van der Waals surface area (Å²) in [7, 11) is 0. The molecule has 0 fully saturated rings. The van der Waals surface area contributed by atoms with Crippen molar-refractivity contribution in [2.24, 2.45) is 5.92 Å².